The number of furan rings is 1. The molecule has 2 aromatic rings. The molecule has 0 aliphatic carbocycles. The maximum atomic E-state index is 12.7. The summed E-state index contributed by atoms with van der Waals surface area (Å²) in [4.78, 5) is 24.7. The lowest BCUT2D eigenvalue weighted by Gasteiger charge is -2.22. The Kier molecular flexibility index (Phi) is 3.89. The molecule has 2 heterocycles. The van der Waals surface area contributed by atoms with Crippen molar-refractivity contribution in [3.8, 4) is 0 Å². The molecule has 22 heavy (non-hydrogen) atoms. The van der Waals surface area contributed by atoms with Crippen molar-refractivity contribution in [3.05, 3.63) is 63.6 Å². The van der Waals surface area contributed by atoms with Crippen LogP contribution in [0.2, 0.25) is 0 Å². The molecule has 0 spiro atoms. The van der Waals surface area contributed by atoms with E-state index in [0.29, 0.717) is 12.1 Å². The van der Waals surface area contributed by atoms with Gasteiger partial charge in [-0.15, -0.1) is 11.8 Å². The van der Waals surface area contributed by atoms with E-state index in [1.807, 2.05) is 19.1 Å². The number of nitrogens with zero attached hydrogens (tertiary/aromatic N) is 2. The number of hydrogen-bond donors (Lipinski definition) is 0. The minimum absolute atomic E-state index is 0.0805. The van der Waals surface area contributed by atoms with Crippen LogP contribution in [-0.4, -0.2) is 28.0 Å². The normalized spacial score (nSPS) is 17.7. The largest absolute Gasteiger partial charge is 0.463 e. The molecular weight excluding hydrogens is 304 g/mol. The summed E-state index contributed by atoms with van der Waals surface area (Å²) >= 11 is 1.63. The second-order valence-electron chi connectivity index (χ2n) is 4.98. The first-order valence-corrected chi connectivity index (χ1v) is 7.84. The molecule has 1 aromatic heterocycles. The molecule has 3 rings (SSSR count). The molecule has 0 N–H and O–H groups in total. The van der Waals surface area contributed by atoms with E-state index in [1.54, 1.807) is 22.7 Å². The van der Waals surface area contributed by atoms with Crippen LogP contribution in [-0.2, 0) is 0 Å². The summed E-state index contributed by atoms with van der Waals surface area (Å²) in [5.74, 6) is 2.13. The van der Waals surface area contributed by atoms with Gasteiger partial charge in [-0.1, -0.05) is 6.07 Å². The second kappa shape index (κ2) is 5.84. The molecule has 0 radical (unpaired) electrons. The first-order valence-electron chi connectivity index (χ1n) is 6.79. The summed E-state index contributed by atoms with van der Waals surface area (Å²) < 4.78 is 5.62. The second-order valence-corrected chi connectivity index (χ2v) is 6.17. The van der Waals surface area contributed by atoms with Gasteiger partial charge in [0.1, 0.15) is 16.9 Å². The van der Waals surface area contributed by atoms with E-state index < -0.39 is 4.92 Å². The molecule has 1 fully saturated rings. The molecule has 1 aliphatic heterocycles. The number of nitro benzene ring substituents is 1. The molecule has 1 aliphatic rings. The van der Waals surface area contributed by atoms with Crippen molar-refractivity contribution in [3.63, 3.8) is 0 Å². The zero-order valence-electron chi connectivity index (χ0n) is 11.9. The summed E-state index contributed by atoms with van der Waals surface area (Å²) in [7, 11) is 0. The standard InChI is InChI=1S/C15H14N2O4S/c1-10-5-6-13(21-10)15-16(7-8-22-15)14(18)11-3-2-4-12(9-11)17(19)20/h2-6,9,15H,7-8H2,1H3. The molecule has 114 valence electrons. The van der Waals surface area contributed by atoms with Crippen molar-refractivity contribution in [2.45, 2.75) is 12.3 Å². The SMILES string of the molecule is Cc1ccc(C2SCCN2C(=O)c2cccc([N+](=O)[O-])c2)o1. The van der Waals surface area contributed by atoms with E-state index in [1.165, 1.54) is 18.2 Å². The fourth-order valence-corrected chi connectivity index (χ4v) is 3.62. The number of thioether (sulfide) groups is 1. The summed E-state index contributed by atoms with van der Waals surface area (Å²) in [5, 5.41) is 10.7. The number of carbonyl (C=O) groups excluding carboxylic acids is 1. The van der Waals surface area contributed by atoms with Gasteiger partial charge in [-0.3, -0.25) is 14.9 Å². The number of aryl methyl sites for hydroxylation is 1. The number of non-ortho nitro benzene ring substituents is 1. The number of benzene rings is 1. The highest BCUT2D eigenvalue weighted by Gasteiger charge is 2.33. The minimum Gasteiger partial charge on any atom is -0.463 e. The van der Waals surface area contributed by atoms with Gasteiger partial charge in [0.05, 0.1) is 4.92 Å². The van der Waals surface area contributed by atoms with Gasteiger partial charge in [-0.2, -0.15) is 0 Å². The molecule has 6 nitrogen and oxygen atoms in total. The fourth-order valence-electron chi connectivity index (χ4n) is 2.42. The Bertz CT molecular complexity index is 728. The van der Waals surface area contributed by atoms with Crippen molar-refractivity contribution in [2.75, 3.05) is 12.3 Å². The van der Waals surface area contributed by atoms with Crippen molar-refractivity contribution >= 4 is 23.4 Å². The molecule has 7 heteroatoms. The van der Waals surface area contributed by atoms with Gasteiger partial charge in [-0.05, 0) is 25.1 Å². The summed E-state index contributed by atoms with van der Waals surface area (Å²) in [5.41, 5.74) is 0.244. The van der Waals surface area contributed by atoms with Crippen LogP contribution < -0.4 is 0 Å². The van der Waals surface area contributed by atoms with Crippen LogP contribution in [0.1, 0.15) is 27.3 Å². The Balaban J connectivity index is 1.87. The van der Waals surface area contributed by atoms with Crippen LogP contribution in [0.25, 0.3) is 0 Å². The Labute approximate surface area is 131 Å². The fraction of sp³-hybridized carbons (Fsp3) is 0.267. The number of hydrogen-bond acceptors (Lipinski definition) is 5. The molecule has 1 aromatic carbocycles. The third-order valence-corrected chi connectivity index (χ3v) is 4.68. The quantitative estimate of drug-likeness (QED) is 0.640. The first-order chi connectivity index (χ1) is 10.6. The van der Waals surface area contributed by atoms with Crippen molar-refractivity contribution in [1.82, 2.24) is 4.90 Å². The minimum atomic E-state index is -0.497. The van der Waals surface area contributed by atoms with Crippen LogP contribution in [0.5, 0.6) is 0 Å². The van der Waals surface area contributed by atoms with E-state index in [9.17, 15) is 14.9 Å². The van der Waals surface area contributed by atoms with Gasteiger partial charge in [0.15, 0.2) is 0 Å². The highest BCUT2D eigenvalue weighted by atomic mass is 32.2. The van der Waals surface area contributed by atoms with E-state index in [-0.39, 0.29) is 17.0 Å². The topological polar surface area (TPSA) is 76.6 Å². The summed E-state index contributed by atoms with van der Waals surface area (Å²) in [6.07, 6.45) is 0. The Morgan fingerprint density at radius 2 is 2.23 bits per heavy atom. The molecule has 1 atom stereocenters. The van der Waals surface area contributed by atoms with Crippen LogP contribution >= 0.6 is 11.8 Å². The van der Waals surface area contributed by atoms with Gasteiger partial charge < -0.3 is 9.32 Å². The maximum Gasteiger partial charge on any atom is 0.270 e. The van der Waals surface area contributed by atoms with E-state index in [0.717, 1.165) is 17.3 Å². The highest BCUT2D eigenvalue weighted by molar-refractivity contribution is 7.99. The van der Waals surface area contributed by atoms with Gasteiger partial charge in [0, 0.05) is 30.0 Å². The smallest absolute Gasteiger partial charge is 0.270 e. The van der Waals surface area contributed by atoms with Crippen LogP contribution in [0.4, 0.5) is 5.69 Å². The summed E-state index contributed by atoms with van der Waals surface area (Å²) in [6, 6.07) is 9.55. The monoisotopic (exact) mass is 318 g/mol. The van der Waals surface area contributed by atoms with Crippen molar-refractivity contribution < 1.29 is 14.1 Å². The van der Waals surface area contributed by atoms with Gasteiger partial charge in [0.25, 0.3) is 11.6 Å². The number of nitro groups is 1. The Hall–Kier alpha value is -2.28. The average molecular weight is 318 g/mol. The zero-order valence-corrected chi connectivity index (χ0v) is 12.7. The molecule has 0 saturated carbocycles. The van der Waals surface area contributed by atoms with Crippen LogP contribution in [0.3, 0.4) is 0 Å². The van der Waals surface area contributed by atoms with Crippen molar-refractivity contribution in [2.24, 2.45) is 0 Å². The lowest BCUT2D eigenvalue weighted by molar-refractivity contribution is -0.384. The lowest BCUT2D eigenvalue weighted by Crippen LogP contribution is -2.30. The van der Waals surface area contributed by atoms with Gasteiger partial charge in [0.2, 0.25) is 0 Å². The predicted octanol–water partition coefficient (Wildman–Crippen LogP) is 3.38. The number of carbonyl (C=O) groups is 1. The van der Waals surface area contributed by atoms with E-state index in [2.05, 4.69) is 0 Å². The predicted molar refractivity (Wildman–Crippen MR) is 82.8 cm³/mol. The van der Waals surface area contributed by atoms with E-state index in [4.69, 9.17) is 4.42 Å². The highest BCUT2D eigenvalue weighted by Crippen LogP contribution is 2.39. The number of rotatable bonds is 3. The molecular formula is C15H14N2O4S. The van der Waals surface area contributed by atoms with Gasteiger partial charge in [-0.25, -0.2) is 0 Å². The molecule has 0 bridgehead atoms. The van der Waals surface area contributed by atoms with Gasteiger partial charge >= 0.3 is 0 Å². The van der Waals surface area contributed by atoms with Crippen LogP contribution in [0.15, 0.2) is 40.8 Å². The maximum absolute atomic E-state index is 12.7. The number of amides is 1. The Morgan fingerprint density at radius 3 is 2.91 bits per heavy atom. The van der Waals surface area contributed by atoms with Crippen molar-refractivity contribution in [1.29, 1.82) is 0 Å². The Morgan fingerprint density at radius 1 is 1.41 bits per heavy atom. The molecule has 1 amide bonds. The lowest BCUT2D eigenvalue weighted by atomic mass is 10.1. The summed E-state index contributed by atoms with van der Waals surface area (Å²) in [6.45, 7) is 2.45. The van der Waals surface area contributed by atoms with Crippen LogP contribution in [0, 0.1) is 17.0 Å². The molecule has 1 unspecified atom stereocenters. The third kappa shape index (κ3) is 2.71. The third-order valence-electron chi connectivity index (χ3n) is 3.46. The zero-order chi connectivity index (χ0) is 15.7. The molecule has 1 saturated heterocycles. The van der Waals surface area contributed by atoms with E-state index >= 15 is 0 Å². The average Bonchev–Trinajstić information content (AvgIpc) is 3.15. The first kappa shape index (κ1) is 14.6.